The minimum atomic E-state index is -0.849. The van der Waals surface area contributed by atoms with E-state index in [4.69, 9.17) is 15.1 Å². The third kappa shape index (κ3) is 6.91. The average Bonchev–Trinajstić information content (AvgIpc) is 2.87. The highest BCUT2D eigenvalue weighted by Gasteiger charge is 2.22. The van der Waals surface area contributed by atoms with Gasteiger partial charge in [0.25, 0.3) is 0 Å². The lowest BCUT2D eigenvalue weighted by atomic mass is 9.93. The summed E-state index contributed by atoms with van der Waals surface area (Å²) in [4.78, 5) is 26.6. The smallest absolute Gasteiger partial charge is 0.407 e. The molecular weight excluding hydrogens is 444 g/mol. The lowest BCUT2D eigenvalue weighted by Crippen LogP contribution is -2.35. The van der Waals surface area contributed by atoms with Gasteiger partial charge in [0.2, 0.25) is 5.95 Å². The minimum Gasteiger partial charge on any atom is -0.465 e. The number of anilines is 2. The largest absolute Gasteiger partial charge is 0.465 e. The van der Waals surface area contributed by atoms with Crippen LogP contribution in [0.3, 0.4) is 0 Å². The van der Waals surface area contributed by atoms with Crippen molar-refractivity contribution in [1.82, 2.24) is 19.9 Å². The number of piperidine rings is 1. The van der Waals surface area contributed by atoms with Crippen LogP contribution in [0, 0.1) is 0 Å². The Labute approximate surface area is 206 Å². The van der Waals surface area contributed by atoms with E-state index in [1.54, 1.807) is 0 Å². The highest BCUT2D eigenvalue weighted by Crippen LogP contribution is 2.29. The Morgan fingerprint density at radius 1 is 1.14 bits per heavy atom. The van der Waals surface area contributed by atoms with Crippen molar-refractivity contribution in [1.29, 1.82) is 0 Å². The summed E-state index contributed by atoms with van der Waals surface area (Å²) in [6.07, 6.45) is 11.8. The fourth-order valence-electron chi connectivity index (χ4n) is 4.57. The van der Waals surface area contributed by atoms with Crippen molar-refractivity contribution in [3.63, 3.8) is 0 Å². The van der Waals surface area contributed by atoms with E-state index in [-0.39, 0.29) is 12.1 Å². The highest BCUT2D eigenvalue weighted by atomic mass is 16.4. The van der Waals surface area contributed by atoms with Gasteiger partial charge in [-0.3, -0.25) is 4.98 Å². The molecule has 1 aliphatic carbocycles. The molecule has 2 aromatic rings. The Balaban J connectivity index is 1.50. The van der Waals surface area contributed by atoms with Crippen LogP contribution in [-0.4, -0.2) is 67.9 Å². The second-order valence-corrected chi connectivity index (χ2v) is 9.43. The van der Waals surface area contributed by atoms with Gasteiger partial charge in [-0.05, 0) is 56.6 Å². The number of nitrogens with zero attached hydrogens (tertiary/aromatic N) is 4. The number of amides is 1. The first-order valence-corrected chi connectivity index (χ1v) is 12.7. The predicted octanol–water partition coefficient (Wildman–Crippen LogP) is 4.62. The summed E-state index contributed by atoms with van der Waals surface area (Å²) in [5, 5.41) is 25.9. The zero-order valence-electron chi connectivity index (χ0n) is 20.4. The van der Waals surface area contributed by atoms with Crippen molar-refractivity contribution >= 4 is 23.9 Å². The molecule has 0 spiro atoms. The number of likely N-dealkylation sites (tertiary alicyclic amines) is 1. The third-order valence-corrected chi connectivity index (χ3v) is 6.75. The zero-order chi connectivity index (χ0) is 24.6. The van der Waals surface area contributed by atoms with Gasteiger partial charge in [0.15, 0.2) is 0 Å². The number of aromatic nitrogens is 3. The molecule has 0 unspecified atom stereocenters. The van der Waals surface area contributed by atoms with Crippen LogP contribution in [0.5, 0.6) is 0 Å². The molecule has 35 heavy (non-hydrogen) atoms. The molecule has 0 atom stereocenters. The summed E-state index contributed by atoms with van der Waals surface area (Å²) in [6.45, 7) is 4.06. The number of hydrogen-bond donors (Lipinski definition) is 4. The van der Waals surface area contributed by atoms with Gasteiger partial charge in [0.05, 0.1) is 17.4 Å². The number of unbranched alkanes of at least 4 members (excludes halogenated alkanes) is 1. The van der Waals surface area contributed by atoms with Crippen molar-refractivity contribution in [2.24, 2.45) is 0 Å². The lowest BCUT2D eigenvalue weighted by molar-refractivity contribution is 0.126. The van der Waals surface area contributed by atoms with Crippen molar-refractivity contribution in [2.75, 3.05) is 30.3 Å². The minimum absolute atomic E-state index is 0.205. The molecule has 9 heteroatoms. The maximum atomic E-state index is 11.1. The van der Waals surface area contributed by atoms with E-state index in [1.807, 2.05) is 24.5 Å². The maximum Gasteiger partial charge on any atom is 0.407 e. The average molecular weight is 481 g/mol. The second kappa shape index (κ2) is 12.0. The fraction of sp³-hybridized carbons (Fsp3) is 0.538. The fourth-order valence-corrected chi connectivity index (χ4v) is 4.57. The summed E-state index contributed by atoms with van der Waals surface area (Å²) in [7, 11) is 0. The molecule has 2 fully saturated rings. The predicted molar refractivity (Wildman–Crippen MR) is 137 cm³/mol. The number of rotatable bonds is 8. The van der Waals surface area contributed by atoms with E-state index in [2.05, 4.69) is 28.6 Å². The molecule has 4 rings (SSSR count). The Kier molecular flexibility index (Phi) is 8.52. The molecule has 3 heterocycles. The van der Waals surface area contributed by atoms with Crippen molar-refractivity contribution < 1.29 is 15.0 Å². The Hall–Kier alpha value is -3.20. The van der Waals surface area contributed by atoms with Crippen LogP contribution in [0.2, 0.25) is 0 Å². The van der Waals surface area contributed by atoms with Gasteiger partial charge in [0, 0.05) is 38.1 Å². The lowest BCUT2D eigenvalue weighted by Gasteiger charge is -2.27. The van der Waals surface area contributed by atoms with Crippen LogP contribution in [0.15, 0.2) is 30.1 Å². The first kappa shape index (κ1) is 24.9. The van der Waals surface area contributed by atoms with Gasteiger partial charge in [0.1, 0.15) is 5.82 Å². The molecule has 0 aromatic carbocycles. The molecule has 188 valence electrons. The first-order chi connectivity index (χ1) is 17.0. The van der Waals surface area contributed by atoms with Crippen molar-refractivity contribution in [2.45, 2.75) is 70.4 Å². The molecule has 0 radical (unpaired) electrons. The van der Waals surface area contributed by atoms with Gasteiger partial charge >= 0.3 is 6.09 Å². The molecule has 2 aromatic heterocycles. The SMILES string of the molecule is CCCCNc1ncc(-c2ccc(C=C3CCN(C(=O)O)CC3)cn2)c(NC2CCC(O)CC2)n1. The van der Waals surface area contributed by atoms with E-state index in [0.29, 0.717) is 19.0 Å². The summed E-state index contributed by atoms with van der Waals surface area (Å²) in [5.74, 6) is 1.37. The topological polar surface area (TPSA) is 124 Å². The molecule has 2 aliphatic rings. The molecular formula is C26H36N6O3. The summed E-state index contributed by atoms with van der Waals surface area (Å²) < 4.78 is 0. The van der Waals surface area contributed by atoms with Crippen LogP contribution in [0.25, 0.3) is 17.3 Å². The van der Waals surface area contributed by atoms with Crippen LogP contribution in [0.4, 0.5) is 16.6 Å². The van der Waals surface area contributed by atoms with E-state index >= 15 is 0 Å². The normalized spacial score (nSPS) is 20.4. The second-order valence-electron chi connectivity index (χ2n) is 9.43. The van der Waals surface area contributed by atoms with Crippen LogP contribution in [0.1, 0.15) is 63.9 Å². The van der Waals surface area contributed by atoms with Gasteiger partial charge in [-0.15, -0.1) is 0 Å². The summed E-state index contributed by atoms with van der Waals surface area (Å²) >= 11 is 0. The van der Waals surface area contributed by atoms with E-state index in [0.717, 1.165) is 80.6 Å². The maximum absolute atomic E-state index is 11.1. The van der Waals surface area contributed by atoms with Gasteiger partial charge in [-0.25, -0.2) is 9.78 Å². The van der Waals surface area contributed by atoms with Crippen LogP contribution < -0.4 is 10.6 Å². The summed E-state index contributed by atoms with van der Waals surface area (Å²) in [6, 6.07) is 4.28. The van der Waals surface area contributed by atoms with Crippen LogP contribution >= 0.6 is 0 Å². The quantitative estimate of drug-likeness (QED) is 0.404. The number of aliphatic hydroxyl groups excluding tert-OH is 1. The highest BCUT2D eigenvalue weighted by molar-refractivity contribution is 5.73. The van der Waals surface area contributed by atoms with Gasteiger partial charge in [-0.1, -0.05) is 31.1 Å². The zero-order valence-corrected chi connectivity index (χ0v) is 20.4. The molecule has 0 bridgehead atoms. The van der Waals surface area contributed by atoms with Crippen LogP contribution in [-0.2, 0) is 0 Å². The van der Waals surface area contributed by atoms with Crippen molar-refractivity contribution in [3.8, 4) is 11.3 Å². The summed E-state index contributed by atoms with van der Waals surface area (Å²) in [5.41, 5.74) is 3.89. The molecule has 1 amide bonds. The molecule has 9 nitrogen and oxygen atoms in total. The Bertz CT molecular complexity index is 1010. The Morgan fingerprint density at radius 2 is 1.91 bits per heavy atom. The number of carbonyl (C=O) groups is 1. The van der Waals surface area contributed by atoms with E-state index in [9.17, 15) is 9.90 Å². The molecule has 1 aliphatic heterocycles. The standard InChI is InChI=1S/C26H36N6O3/c1-2-3-12-27-25-29-17-22(24(31-25)30-20-5-7-21(33)8-6-20)23-9-4-19(16-28-23)15-18-10-13-32(14-11-18)26(34)35/h4,9,15-17,20-21,33H,2-3,5-8,10-14H2,1H3,(H,34,35)(H2,27,29,30,31). The number of carboxylic acid groups (broad SMARTS) is 1. The number of pyridine rings is 1. The number of aliphatic hydroxyl groups is 1. The van der Waals surface area contributed by atoms with Gasteiger partial charge in [-0.2, -0.15) is 4.98 Å². The molecule has 1 saturated carbocycles. The monoisotopic (exact) mass is 480 g/mol. The Morgan fingerprint density at radius 3 is 2.57 bits per heavy atom. The number of nitrogens with one attached hydrogen (secondary N) is 2. The van der Waals surface area contributed by atoms with E-state index < -0.39 is 6.09 Å². The molecule has 4 N–H and O–H groups in total. The first-order valence-electron chi connectivity index (χ1n) is 12.7. The number of hydrogen-bond acceptors (Lipinski definition) is 7. The van der Waals surface area contributed by atoms with Crippen molar-refractivity contribution in [3.05, 3.63) is 35.7 Å². The third-order valence-electron chi connectivity index (χ3n) is 6.75. The van der Waals surface area contributed by atoms with Gasteiger partial charge < -0.3 is 25.7 Å². The van der Waals surface area contributed by atoms with E-state index in [1.165, 1.54) is 10.5 Å². The molecule has 1 saturated heterocycles.